The van der Waals surface area contributed by atoms with E-state index in [1.807, 2.05) is 6.07 Å². The van der Waals surface area contributed by atoms with E-state index in [9.17, 15) is 0 Å². The molecule has 1 fully saturated rings. The summed E-state index contributed by atoms with van der Waals surface area (Å²) in [4.78, 5) is 4.88. The molecular formula is C16H21N5O3. The van der Waals surface area contributed by atoms with Gasteiger partial charge in [-0.25, -0.2) is 4.68 Å². The van der Waals surface area contributed by atoms with Crippen LogP contribution >= 0.6 is 0 Å². The van der Waals surface area contributed by atoms with Crippen molar-refractivity contribution in [3.8, 4) is 11.5 Å². The van der Waals surface area contributed by atoms with Gasteiger partial charge in [-0.2, -0.15) is 0 Å². The fourth-order valence-electron chi connectivity index (χ4n) is 3.10. The fourth-order valence-corrected chi connectivity index (χ4v) is 3.10. The van der Waals surface area contributed by atoms with Crippen molar-refractivity contribution < 1.29 is 18.7 Å². The molecule has 4 rings (SSSR count). The van der Waals surface area contributed by atoms with Crippen LogP contribution in [0.5, 0.6) is 11.5 Å². The highest BCUT2D eigenvalue weighted by Gasteiger charge is 2.19. The maximum atomic E-state index is 7.33. The van der Waals surface area contributed by atoms with Gasteiger partial charge in [-0.05, 0) is 17.7 Å². The van der Waals surface area contributed by atoms with Crippen molar-refractivity contribution in [2.24, 2.45) is 0 Å². The van der Waals surface area contributed by atoms with Crippen molar-refractivity contribution in [2.75, 3.05) is 39.5 Å². The number of hydrogen-bond donors (Lipinski definition) is 1. The minimum Gasteiger partial charge on any atom is -0.487 e. The summed E-state index contributed by atoms with van der Waals surface area (Å²) < 4.78 is 17.2. The number of ether oxygens (including phenoxy) is 2. The first-order chi connectivity index (χ1) is 11.8. The molecular weight excluding hydrogens is 310 g/mol. The second-order valence-electron chi connectivity index (χ2n) is 6.13. The molecule has 2 aliphatic heterocycles. The monoisotopic (exact) mass is 331 g/mol. The number of piperazine rings is 1. The van der Waals surface area contributed by atoms with E-state index in [1.165, 1.54) is 5.56 Å². The molecule has 3 heterocycles. The van der Waals surface area contributed by atoms with Crippen molar-refractivity contribution in [1.82, 2.24) is 15.1 Å². The highest BCUT2D eigenvalue weighted by atomic mass is 16.7. The standard InChI is InChI=1S/C16H21N5O3/c17-16-11-21(18-24-16)8-7-19-3-5-20(6-4-19)10-13-1-2-14-15(9-13)23-12-22-14/h1-2,9,11,17H,3-8,10,12H2. The van der Waals surface area contributed by atoms with Gasteiger partial charge in [0.05, 0.1) is 6.54 Å². The lowest BCUT2D eigenvalue weighted by molar-refractivity contribution is -0.767. The van der Waals surface area contributed by atoms with E-state index < -0.39 is 0 Å². The Kier molecular flexibility index (Phi) is 4.22. The largest absolute Gasteiger partial charge is 0.487 e. The first kappa shape index (κ1) is 15.2. The van der Waals surface area contributed by atoms with Crippen LogP contribution in [0.2, 0.25) is 0 Å². The Balaban J connectivity index is 1.25. The summed E-state index contributed by atoms with van der Waals surface area (Å²) >= 11 is 0. The van der Waals surface area contributed by atoms with Crippen molar-refractivity contribution >= 4 is 0 Å². The minimum atomic E-state index is 0.101. The second-order valence-corrected chi connectivity index (χ2v) is 6.13. The Morgan fingerprint density at radius 2 is 1.88 bits per heavy atom. The molecule has 0 aliphatic carbocycles. The second kappa shape index (κ2) is 6.66. The van der Waals surface area contributed by atoms with Gasteiger partial charge in [0.15, 0.2) is 18.0 Å². The van der Waals surface area contributed by atoms with Crippen LogP contribution in [0.15, 0.2) is 28.9 Å². The van der Waals surface area contributed by atoms with E-state index in [1.54, 1.807) is 10.9 Å². The molecule has 0 amide bonds. The maximum absolute atomic E-state index is 7.33. The molecule has 128 valence electrons. The quantitative estimate of drug-likeness (QED) is 0.748. The van der Waals surface area contributed by atoms with E-state index in [0.29, 0.717) is 6.79 Å². The summed E-state index contributed by atoms with van der Waals surface area (Å²) in [6.45, 7) is 7.10. The Hall–Kier alpha value is -2.32. The molecule has 2 aliphatic rings. The van der Waals surface area contributed by atoms with Gasteiger partial charge in [-0.3, -0.25) is 20.5 Å². The molecule has 1 aromatic carbocycles. The molecule has 0 spiro atoms. The molecule has 8 heteroatoms. The average molecular weight is 331 g/mol. The normalized spacial score (nSPS) is 18.2. The van der Waals surface area contributed by atoms with Crippen LogP contribution in [0, 0.1) is 5.41 Å². The van der Waals surface area contributed by atoms with Crippen molar-refractivity contribution in [1.29, 1.82) is 5.41 Å². The fraction of sp³-hybridized carbons (Fsp3) is 0.500. The van der Waals surface area contributed by atoms with Gasteiger partial charge >= 0.3 is 0 Å². The number of fused-ring (bicyclic) bond motifs is 1. The molecule has 1 aromatic heterocycles. The van der Waals surface area contributed by atoms with Gasteiger partial charge in [0, 0.05) is 32.7 Å². The molecule has 0 unspecified atom stereocenters. The van der Waals surface area contributed by atoms with Crippen LogP contribution in [0.1, 0.15) is 5.56 Å². The third kappa shape index (κ3) is 3.44. The predicted molar refractivity (Wildman–Crippen MR) is 82.4 cm³/mol. The summed E-state index contributed by atoms with van der Waals surface area (Å²) in [6, 6.07) is 6.18. The van der Waals surface area contributed by atoms with Gasteiger partial charge in [-0.15, -0.1) is 0 Å². The first-order valence-electron chi connectivity index (χ1n) is 8.17. The van der Waals surface area contributed by atoms with Gasteiger partial charge in [0.1, 0.15) is 0 Å². The molecule has 8 nitrogen and oxygen atoms in total. The number of benzene rings is 1. The zero-order valence-electron chi connectivity index (χ0n) is 13.5. The van der Waals surface area contributed by atoms with Crippen LogP contribution in [0.4, 0.5) is 0 Å². The predicted octanol–water partition coefficient (Wildman–Crippen LogP) is -0.450. The van der Waals surface area contributed by atoms with Crippen LogP contribution in [0.25, 0.3) is 0 Å². The third-order valence-electron chi connectivity index (χ3n) is 4.46. The van der Waals surface area contributed by atoms with Crippen LogP contribution in [-0.4, -0.2) is 49.3 Å². The van der Waals surface area contributed by atoms with Crippen LogP contribution in [-0.2, 0) is 13.1 Å². The number of aromatic nitrogens is 2. The first-order valence-corrected chi connectivity index (χ1v) is 8.17. The topological polar surface area (TPSA) is 79.9 Å². The lowest BCUT2D eigenvalue weighted by atomic mass is 10.1. The lowest BCUT2D eigenvalue weighted by Gasteiger charge is -2.34. The van der Waals surface area contributed by atoms with Crippen molar-refractivity contribution in [3.05, 3.63) is 35.5 Å². The lowest BCUT2D eigenvalue weighted by Crippen LogP contribution is -2.50. The molecule has 24 heavy (non-hydrogen) atoms. The number of hydrogen-bond acceptors (Lipinski definition) is 6. The van der Waals surface area contributed by atoms with Gasteiger partial charge < -0.3 is 14.0 Å². The van der Waals surface area contributed by atoms with Crippen LogP contribution < -0.4 is 25.0 Å². The zero-order chi connectivity index (χ0) is 16.4. The average Bonchev–Trinajstić information content (AvgIpc) is 3.22. The van der Waals surface area contributed by atoms with E-state index in [0.717, 1.165) is 57.3 Å². The highest BCUT2D eigenvalue weighted by molar-refractivity contribution is 5.44. The zero-order valence-corrected chi connectivity index (χ0v) is 13.5. The molecule has 1 N–H and O–H groups in total. The number of nitrogens with one attached hydrogen (secondary N) is 1. The summed E-state index contributed by atoms with van der Waals surface area (Å²) in [5, 5.41) is 11.1. The summed E-state index contributed by atoms with van der Waals surface area (Å²) in [5.41, 5.74) is 1.36. The Morgan fingerprint density at radius 1 is 1.08 bits per heavy atom. The SMILES string of the molecule is N=c1c[n+](CCN2CCN(Cc3ccc4c(c3)OCO4)CC2)[n-]o1. The van der Waals surface area contributed by atoms with Crippen molar-refractivity contribution in [3.63, 3.8) is 0 Å². The van der Waals surface area contributed by atoms with Gasteiger partial charge in [0.2, 0.25) is 13.0 Å². The van der Waals surface area contributed by atoms with Gasteiger partial charge in [0.25, 0.3) is 5.55 Å². The molecule has 0 saturated carbocycles. The third-order valence-corrected chi connectivity index (χ3v) is 4.46. The summed E-state index contributed by atoms with van der Waals surface area (Å²) in [7, 11) is 0. The Morgan fingerprint density at radius 3 is 2.67 bits per heavy atom. The number of rotatable bonds is 5. The number of nitrogens with zero attached hydrogens (tertiary/aromatic N) is 4. The highest BCUT2D eigenvalue weighted by Crippen LogP contribution is 2.32. The van der Waals surface area contributed by atoms with E-state index in [4.69, 9.17) is 19.4 Å². The van der Waals surface area contributed by atoms with Crippen LogP contribution in [0.3, 0.4) is 0 Å². The molecule has 0 radical (unpaired) electrons. The van der Waals surface area contributed by atoms with E-state index >= 15 is 0 Å². The van der Waals surface area contributed by atoms with E-state index in [-0.39, 0.29) is 5.55 Å². The van der Waals surface area contributed by atoms with Crippen molar-refractivity contribution in [2.45, 2.75) is 13.1 Å². The van der Waals surface area contributed by atoms with Gasteiger partial charge in [-0.1, -0.05) is 6.07 Å². The summed E-state index contributed by atoms with van der Waals surface area (Å²) in [5.74, 6) is 1.69. The minimum absolute atomic E-state index is 0.101. The molecule has 2 aromatic rings. The maximum Gasteiger partial charge on any atom is 0.264 e. The van der Waals surface area contributed by atoms with E-state index in [2.05, 4.69) is 27.2 Å². The Bertz CT molecular complexity index is 748. The summed E-state index contributed by atoms with van der Waals surface area (Å²) in [6.07, 6.45) is 1.61. The molecule has 0 bridgehead atoms. The smallest absolute Gasteiger partial charge is 0.264 e. The molecule has 1 saturated heterocycles. The Labute approximate surface area is 139 Å². The molecule has 0 atom stereocenters.